The van der Waals surface area contributed by atoms with Crippen LogP contribution < -0.4 is 0 Å². The normalized spacial score (nSPS) is 13.1. The summed E-state index contributed by atoms with van der Waals surface area (Å²) >= 11 is 0. The number of hydrogen-bond acceptors (Lipinski definition) is 6. The van der Waals surface area contributed by atoms with E-state index in [1.54, 1.807) is 0 Å². The molecule has 0 saturated carbocycles. The maximum atomic E-state index is 12.7. The predicted molar refractivity (Wildman–Crippen MR) is 224 cm³/mol. The molecule has 0 saturated heterocycles. The molecule has 0 aliphatic rings. The Kier molecular flexibility index (Phi) is 38.9. The second-order valence-electron chi connectivity index (χ2n) is 16.5. The highest BCUT2D eigenvalue weighted by Crippen LogP contribution is 2.17. The lowest BCUT2D eigenvalue weighted by molar-refractivity contribution is -0.167. The summed E-state index contributed by atoms with van der Waals surface area (Å²) in [5.41, 5.74) is 0. The van der Waals surface area contributed by atoms with E-state index in [0.717, 1.165) is 69.6 Å². The minimum absolute atomic E-state index is 0.0652. The van der Waals surface area contributed by atoms with Crippen LogP contribution in [0.25, 0.3) is 0 Å². The number of carbonyl (C=O) groups excluding carboxylic acids is 3. The molecule has 0 fully saturated rings. The van der Waals surface area contributed by atoms with Gasteiger partial charge in [0.2, 0.25) is 0 Å². The minimum Gasteiger partial charge on any atom is -0.462 e. The van der Waals surface area contributed by atoms with Crippen LogP contribution in [-0.4, -0.2) is 37.2 Å². The first-order valence-corrected chi connectivity index (χ1v) is 23.3. The quantitative estimate of drug-likeness (QED) is 0.0352. The molecule has 0 aromatic carbocycles. The third kappa shape index (κ3) is 38.5. The van der Waals surface area contributed by atoms with Gasteiger partial charge in [-0.25, -0.2) is 0 Å². The molecule has 6 nitrogen and oxygen atoms in total. The molecule has 3 atom stereocenters. The van der Waals surface area contributed by atoms with Gasteiger partial charge in [-0.3, -0.25) is 14.4 Å². The van der Waals surface area contributed by atoms with Gasteiger partial charge in [-0.15, -0.1) is 0 Å². The van der Waals surface area contributed by atoms with E-state index in [1.165, 1.54) is 141 Å². The third-order valence-corrected chi connectivity index (χ3v) is 11.2. The van der Waals surface area contributed by atoms with Gasteiger partial charge in [-0.1, -0.05) is 214 Å². The molecule has 0 spiro atoms. The van der Waals surface area contributed by atoms with Crippen molar-refractivity contribution in [1.29, 1.82) is 0 Å². The highest BCUT2D eigenvalue weighted by molar-refractivity contribution is 5.71. The zero-order chi connectivity index (χ0) is 39.0. The smallest absolute Gasteiger partial charge is 0.306 e. The number of hydrogen-bond donors (Lipinski definition) is 0. The van der Waals surface area contributed by atoms with Crippen LogP contribution in [0.15, 0.2) is 0 Å². The van der Waals surface area contributed by atoms with Gasteiger partial charge in [-0.2, -0.15) is 0 Å². The number of rotatable bonds is 41. The van der Waals surface area contributed by atoms with E-state index in [1.807, 2.05) is 0 Å². The van der Waals surface area contributed by atoms with Crippen LogP contribution in [0.4, 0.5) is 0 Å². The van der Waals surface area contributed by atoms with Crippen LogP contribution in [0.1, 0.15) is 253 Å². The second-order valence-corrected chi connectivity index (χ2v) is 16.5. The van der Waals surface area contributed by atoms with E-state index >= 15 is 0 Å². The summed E-state index contributed by atoms with van der Waals surface area (Å²) in [5.74, 6) is 0.858. The van der Waals surface area contributed by atoms with Crippen molar-refractivity contribution in [2.75, 3.05) is 13.2 Å². The number of carbonyl (C=O) groups is 3. The van der Waals surface area contributed by atoms with Crippen molar-refractivity contribution in [2.45, 2.75) is 259 Å². The Labute approximate surface area is 329 Å². The highest BCUT2D eigenvalue weighted by Gasteiger charge is 2.19. The van der Waals surface area contributed by atoms with Gasteiger partial charge < -0.3 is 14.2 Å². The van der Waals surface area contributed by atoms with Gasteiger partial charge in [0.25, 0.3) is 0 Å². The van der Waals surface area contributed by atoms with Crippen LogP contribution in [0, 0.1) is 11.8 Å². The van der Waals surface area contributed by atoms with Gasteiger partial charge >= 0.3 is 17.9 Å². The summed E-state index contributed by atoms with van der Waals surface area (Å²) in [5, 5.41) is 0. The third-order valence-electron chi connectivity index (χ3n) is 11.2. The van der Waals surface area contributed by atoms with Crippen molar-refractivity contribution in [2.24, 2.45) is 11.8 Å². The number of ether oxygens (including phenoxy) is 3. The fraction of sp³-hybridized carbons (Fsp3) is 0.936. The Hall–Kier alpha value is -1.59. The molecule has 0 aromatic heterocycles. The molecule has 6 heteroatoms. The fourth-order valence-corrected chi connectivity index (χ4v) is 6.86. The Bertz CT molecular complexity index is 813. The van der Waals surface area contributed by atoms with Crippen LogP contribution in [0.5, 0.6) is 0 Å². The molecule has 314 valence electrons. The molecule has 0 heterocycles. The molecular weight excluding hydrogens is 661 g/mol. The van der Waals surface area contributed by atoms with Crippen molar-refractivity contribution in [1.82, 2.24) is 0 Å². The first-order valence-electron chi connectivity index (χ1n) is 23.3. The Morgan fingerprint density at radius 2 is 0.660 bits per heavy atom. The maximum absolute atomic E-state index is 12.7. The lowest BCUT2D eigenvalue weighted by atomic mass is 9.99. The lowest BCUT2D eigenvalue weighted by Gasteiger charge is -2.18. The van der Waals surface area contributed by atoms with E-state index in [-0.39, 0.29) is 31.1 Å². The molecule has 0 radical (unpaired) electrons. The number of esters is 3. The summed E-state index contributed by atoms with van der Waals surface area (Å²) in [7, 11) is 0. The Morgan fingerprint density at radius 3 is 0.981 bits per heavy atom. The average molecular weight is 751 g/mol. The minimum atomic E-state index is -0.760. The lowest BCUT2D eigenvalue weighted by Crippen LogP contribution is -2.30. The van der Waals surface area contributed by atoms with E-state index in [0.29, 0.717) is 19.3 Å². The van der Waals surface area contributed by atoms with Crippen molar-refractivity contribution in [3.63, 3.8) is 0 Å². The van der Waals surface area contributed by atoms with Crippen LogP contribution >= 0.6 is 0 Å². The fourth-order valence-electron chi connectivity index (χ4n) is 6.86. The van der Waals surface area contributed by atoms with Gasteiger partial charge in [0, 0.05) is 19.3 Å². The SMILES string of the molecule is CCCCCCCCCCCC(=O)O[C@H](COC(=O)CCCCCCCCCCCCC(C)CC)COC(=O)CCCCCCCCCCC(C)CC. The number of unbranched alkanes of at least 4 members (excludes halogenated alkanes) is 24. The van der Waals surface area contributed by atoms with E-state index in [4.69, 9.17) is 14.2 Å². The van der Waals surface area contributed by atoms with Crippen LogP contribution in [-0.2, 0) is 28.6 Å². The standard InChI is InChI=1S/C47H90O6/c1-6-9-10-11-12-15-24-29-34-39-47(50)53-44(41-52-46(49)38-33-28-23-19-18-21-26-31-36-43(5)8-3)40-51-45(48)37-32-27-22-17-14-13-16-20-25-30-35-42(4)7-2/h42-44H,6-41H2,1-5H3/t42?,43?,44-/m1/s1. The summed E-state index contributed by atoms with van der Waals surface area (Å²) in [4.78, 5) is 37.7. The monoisotopic (exact) mass is 751 g/mol. The van der Waals surface area contributed by atoms with E-state index < -0.39 is 6.10 Å². The summed E-state index contributed by atoms with van der Waals surface area (Å²) in [6, 6.07) is 0. The van der Waals surface area contributed by atoms with Crippen molar-refractivity contribution >= 4 is 17.9 Å². The van der Waals surface area contributed by atoms with Crippen LogP contribution in [0.2, 0.25) is 0 Å². The van der Waals surface area contributed by atoms with Gasteiger partial charge in [0.1, 0.15) is 13.2 Å². The van der Waals surface area contributed by atoms with Gasteiger partial charge in [-0.05, 0) is 31.1 Å². The molecule has 0 aliphatic heterocycles. The second kappa shape index (κ2) is 40.1. The molecule has 0 aliphatic carbocycles. The molecule has 0 amide bonds. The van der Waals surface area contributed by atoms with Crippen molar-refractivity contribution in [3.8, 4) is 0 Å². The molecule has 0 N–H and O–H groups in total. The topological polar surface area (TPSA) is 78.9 Å². The maximum Gasteiger partial charge on any atom is 0.306 e. The van der Waals surface area contributed by atoms with Crippen molar-refractivity contribution in [3.05, 3.63) is 0 Å². The Morgan fingerprint density at radius 1 is 0.377 bits per heavy atom. The molecule has 2 unspecified atom stereocenters. The average Bonchev–Trinajstić information content (AvgIpc) is 3.15. The van der Waals surface area contributed by atoms with Gasteiger partial charge in [0.05, 0.1) is 0 Å². The summed E-state index contributed by atoms with van der Waals surface area (Å²) < 4.78 is 16.7. The molecule has 0 rings (SSSR count). The highest BCUT2D eigenvalue weighted by atomic mass is 16.6. The largest absolute Gasteiger partial charge is 0.462 e. The van der Waals surface area contributed by atoms with Gasteiger partial charge in [0.15, 0.2) is 6.10 Å². The predicted octanol–water partition coefficient (Wildman–Crippen LogP) is 14.6. The Balaban J connectivity index is 4.31. The molecular formula is C47H90O6. The van der Waals surface area contributed by atoms with E-state index in [2.05, 4.69) is 34.6 Å². The van der Waals surface area contributed by atoms with Crippen LogP contribution in [0.3, 0.4) is 0 Å². The molecule has 0 bridgehead atoms. The summed E-state index contributed by atoms with van der Waals surface area (Å²) in [6.07, 6.45) is 37.9. The first kappa shape index (κ1) is 51.4. The molecule has 0 aromatic rings. The van der Waals surface area contributed by atoms with Crippen molar-refractivity contribution < 1.29 is 28.6 Å². The zero-order valence-electron chi connectivity index (χ0n) is 36.1. The van der Waals surface area contributed by atoms with E-state index in [9.17, 15) is 14.4 Å². The summed E-state index contributed by atoms with van der Waals surface area (Å²) in [6.45, 7) is 11.4. The first-order chi connectivity index (χ1) is 25.8. The zero-order valence-corrected chi connectivity index (χ0v) is 36.1. The molecule has 53 heavy (non-hydrogen) atoms.